The summed E-state index contributed by atoms with van der Waals surface area (Å²) in [5, 5.41) is 1.70. The topological polar surface area (TPSA) is 98.9 Å². The number of halogens is 3. The summed E-state index contributed by atoms with van der Waals surface area (Å²) >= 11 is 1.29. The lowest BCUT2D eigenvalue weighted by Gasteiger charge is -2.40. The third kappa shape index (κ3) is 6.78. The number of alkyl halides is 3. The van der Waals surface area contributed by atoms with Gasteiger partial charge in [0, 0.05) is 28.3 Å². The zero-order chi connectivity index (χ0) is 30.6. The van der Waals surface area contributed by atoms with E-state index >= 15 is 0 Å². The van der Waals surface area contributed by atoms with Gasteiger partial charge < -0.3 is 14.4 Å². The first kappa shape index (κ1) is 30.7. The molecule has 228 valence electrons. The van der Waals surface area contributed by atoms with Gasteiger partial charge in [0.1, 0.15) is 12.4 Å². The van der Waals surface area contributed by atoms with Crippen LogP contribution < -0.4 is 10.5 Å². The molecule has 2 aromatic carbocycles. The molecule has 2 heterocycles. The first-order chi connectivity index (χ1) is 20.6. The van der Waals surface area contributed by atoms with Crippen molar-refractivity contribution in [2.75, 3.05) is 6.54 Å². The molecule has 1 saturated heterocycles. The highest BCUT2D eigenvalue weighted by Gasteiger charge is 2.54. The van der Waals surface area contributed by atoms with Crippen LogP contribution >= 0.6 is 11.3 Å². The molecule has 2 fully saturated rings. The number of thiophene rings is 1. The van der Waals surface area contributed by atoms with E-state index in [-0.39, 0.29) is 12.3 Å². The Labute approximate surface area is 251 Å². The van der Waals surface area contributed by atoms with Crippen molar-refractivity contribution >= 4 is 29.0 Å². The van der Waals surface area contributed by atoms with Crippen molar-refractivity contribution in [2.24, 2.45) is 11.7 Å². The number of amides is 1. The van der Waals surface area contributed by atoms with E-state index in [1.54, 1.807) is 35.7 Å². The number of ketones is 1. The molecule has 0 spiro atoms. The van der Waals surface area contributed by atoms with E-state index in [2.05, 4.69) is 0 Å². The quantitative estimate of drug-likeness (QED) is 0.167. The van der Waals surface area contributed by atoms with Gasteiger partial charge in [0.05, 0.1) is 11.6 Å². The van der Waals surface area contributed by atoms with Gasteiger partial charge >= 0.3 is 12.1 Å². The second kappa shape index (κ2) is 12.9. The Hall–Kier alpha value is -3.70. The molecule has 1 aliphatic heterocycles. The third-order valence-electron chi connectivity index (χ3n) is 8.13. The maximum absolute atomic E-state index is 13.9. The number of para-hydroxylation sites is 1. The van der Waals surface area contributed by atoms with Crippen LogP contribution in [0, 0.1) is 5.92 Å². The minimum atomic E-state index is -5.28. The van der Waals surface area contributed by atoms with Gasteiger partial charge in [-0.3, -0.25) is 15.3 Å². The largest absolute Gasteiger partial charge is 0.491 e. The molecule has 1 amide bonds. The Morgan fingerprint density at radius 3 is 2.35 bits per heavy atom. The maximum Gasteiger partial charge on any atom is 0.491 e. The molecule has 11 heteroatoms. The summed E-state index contributed by atoms with van der Waals surface area (Å²) in [4.78, 5) is 41.5. The predicted molar refractivity (Wildman–Crippen MR) is 154 cm³/mol. The molecule has 1 aliphatic carbocycles. The SMILES string of the molecule is N[C@@](OC(=O)C(F)(F)F)(C(=O)N1CCC[C@H]1c1cc(C(=O)c2ccccc2OCc2ccccc2)cs1)C1CCCCC1. The normalized spacial score (nSPS) is 19.1. The van der Waals surface area contributed by atoms with Crippen LogP contribution in [0.3, 0.4) is 0 Å². The summed E-state index contributed by atoms with van der Waals surface area (Å²) in [6.07, 6.45) is -1.18. The highest BCUT2D eigenvalue weighted by molar-refractivity contribution is 7.10. The number of benzene rings is 2. The molecule has 43 heavy (non-hydrogen) atoms. The van der Waals surface area contributed by atoms with Crippen molar-refractivity contribution in [2.45, 2.75) is 69.5 Å². The zero-order valence-corrected chi connectivity index (χ0v) is 24.3. The van der Waals surface area contributed by atoms with Crippen LogP contribution in [-0.4, -0.2) is 41.0 Å². The van der Waals surface area contributed by atoms with E-state index in [1.165, 1.54) is 16.2 Å². The molecule has 2 aliphatic rings. The summed E-state index contributed by atoms with van der Waals surface area (Å²) in [7, 11) is 0. The fourth-order valence-electron chi connectivity index (χ4n) is 5.89. The van der Waals surface area contributed by atoms with Gasteiger partial charge in [-0.1, -0.05) is 61.7 Å². The lowest BCUT2D eigenvalue weighted by atomic mass is 9.81. The first-order valence-corrected chi connectivity index (χ1v) is 15.2. The Kier molecular flexibility index (Phi) is 9.22. The molecule has 7 nitrogen and oxygen atoms in total. The highest BCUT2D eigenvalue weighted by Crippen LogP contribution is 2.41. The van der Waals surface area contributed by atoms with Crippen molar-refractivity contribution < 1.29 is 37.0 Å². The van der Waals surface area contributed by atoms with Gasteiger partial charge in [-0.15, -0.1) is 11.3 Å². The number of nitrogens with zero attached hydrogens (tertiary/aromatic N) is 1. The van der Waals surface area contributed by atoms with E-state index in [4.69, 9.17) is 15.2 Å². The predicted octanol–water partition coefficient (Wildman–Crippen LogP) is 6.56. The van der Waals surface area contributed by atoms with E-state index < -0.39 is 35.7 Å². The fourth-order valence-corrected chi connectivity index (χ4v) is 6.93. The molecule has 2 N–H and O–H groups in total. The maximum atomic E-state index is 13.9. The number of esters is 1. The lowest BCUT2D eigenvalue weighted by Crippen LogP contribution is -2.63. The smallest absolute Gasteiger partial charge is 0.488 e. The molecular formula is C32H33F3N2O5S. The number of ether oxygens (including phenoxy) is 2. The van der Waals surface area contributed by atoms with Gasteiger partial charge in [0.2, 0.25) is 5.72 Å². The van der Waals surface area contributed by atoms with Gasteiger partial charge in [0.15, 0.2) is 5.78 Å². The fraction of sp³-hybridized carbons (Fsp3) is 0.406. The molecule has 5 rings (SSSR count). The van der Waals surface area contributed by atoms with Crippen LogP contribution in [0.4, 0.5) is 13.2 Å². The summed E-state index contributed by atoms with van der Waals surface area (Å²) < 4.78 is 50.4. The Morgan fingerprint density at radius 2 is 1.63 bits per heavy atom. The van der Waals surface area contributed by atoms with Crippen LogP contribution in [-0.2, 0) is 20.9 Å². The minimum absolute atomic E-state index is 0.246. The van der Waals surface area contributed by atoms with Crippen molar-refractivity contribution in [1.29, 1.82) is 0 Å². The summed E-state index contributed by atoms with van der Waals surface area (Å²) in [6.45, 7) is 0.538. The van der Waals surface area contributed by atoms with E-state index in [0.29, 0.717) is 66.9 Å². The Balaban J connectivity index is 1.36. The van der Waals surface area contributed by atoms with Gasteiger partial charge in [-0.05, 0) is 49.4 Å². The molecule has 0 radical (unpaired) electrons. The van der Waals surface area contributed by atoms with Crippen molar-refractivity contribution in [3.05, 3.63) is 87.6 Å². The second-order valence-corrected chi connectivity index (χ2v) is 12.0. The van der Waals surface area contributed by atoms with Crippen LogP contribution in [0.25, 0.3) is 0 Å². The molecule has 2 atom stereocenters. The van der Waals surface area contributed by atoms with Crippen LogP contribution in [0.15, 0.2) is 66.0 Å². The number of rotatable bonds is 9. The number of hydrogen-bond acceptors (Lipinski definition) is 7. The van der Waals surface area contributed by atoms with Crippen molar-refractivity contribution in [3.8, 4) is 5.75 Å². The van der Waals surface area contributed by atoms with Crippen molar-refractivity contribution in [1.82, 2.24) is 4.90 Å². The van der Waals surface area contributed by atoms with Gasteiger partial charge in [-0.2, -0.15) is 13.2 Å². The molecule has 0 bridgehead atoms. The molecule has 3 aromatic rings. The molecular weight excluding hydrogens is 581 g/mol. The third-order valence-corrected chi connectivity index (χ3v) is 9.17. The average molecular weight is 615 g/mol. The van der Waals surface area contributed by atoms with E-state index in [0.717, 1.165) is 12.0 Å². The summed E-state index contributed by atoms with van der Waals surface area (Å²) in [5.74, 6) is -3.85. The first-order valence-electron chi connectivity index (χ1n) is 14.4. The number of carbonyl (C=O) groups excluding carboxylic acids is 3. The van der Waals surface area contributed by atoms with E-state index in [1.807, 2.05) is 30.3 Å². The molecule has 1 saturated carbocycles. The number of likely N-dealkylation sites (tertiary alicyclic amines) is 1. The Bertz CT molecular complexity index is 1450. The lowest BCUT2D eigenvalue weighted by molar-refractivity contribution is -0.222. The van der Waals surface area contributed by atoms with Crippen LogP contribution in [0.2, 0.25) is 0 Å². The van der Waals surface area contributed by atoms with Crippen LogP contribution in [0.1, 0.15) is 77.3 Å². The van der Waals surface area contributed by atoms with Crippen molar-refractivity contribution in [3.63, 3.8) is 0 Å². The number of nitrogens with two attached hydrogens (primary N) is 1. The number of carbonyl (C=O) groups is 3. The summed E-state index contributed by atoms with van der Waals surface area (Å²) in [5.41, 5.74) is 5.67. The Morgan fingerprint density at radius 1 is 0.930 bits per heavy atom. The zero-order valence-electron chi connectivity index (χ0n) is 23.5. The van der Waals surface area contributed by atoms with Gasteiger partial charge in [-0.25, -0.2) is 4.79 Å². The molecule has 1 aromatic heterocycles. The number of hydrogen-bond donors (Lipinski definition) is 1. The minimum Gasteiger partial charge on any atom is -0.488 e. The summed E-state index contributed by atoms with van der Waals surface area (Å²) in [6, 6.07) is 17.7. The highest BCUT2D eigenvalue weighted by atomic mass is 32.1. The van der Waals surface area contributed by atoms with E-state index in [9.17, 15) is 27.6 Å². The van der Waals surface area contributed by atoms with Gasteiger partial charge in [0.25, 0.3) is 5.91 Å². The second-order valence-electron chi connectivity index (χ2n) is 11.0. The molecule has 0 unspecified atom stereocenters. The monoisotopic (exact) mass is 614 g/mol. The van der Waals surface area contributed by atoms with Crippen LogP contribution in [0.5, 0.6) is 5.75 Å². The average Bonchev–Trinajstić information content (AvgIpc) is 3.70. The standard InChI is InChI=1S/C32H33F3N2O5S/c33-32(34,35)30(40)42-31(36,23-12-5-2-6-13-23)29(39)37-17-9-15-25(37)27-18-22(20-43-27)28(38)24-14-7-8-16-26(24)41-19-21-10-3-1-4-11-21/h1,3-4,7-8,10-11,14,16,18,20,23,25H,2,5-6,9,12-13,15,17,19,36H2/t25-,31-/m0/s1.